The minimum absolute atomic E-state index is 0.110. The van der Waals surface area contributed by atoms with Crippen molar-refractivity contribution < 1.29 is 14.2 Å². The highest BCUT2D eigenvalue weighted by Gasteiger charge is 2.57. The van der Waals surface area contributed by atoms with Crippen LogP contribution in [0.1, 0.15) is 20.8 Å². The second-order valence-corrected chi connectivity index (χ2v) is 4.50. The van der Waals surface area contributed by atoms with Gasteiger partial charge in [-0.3, -0.25) is 0 Å². The Balaban J connectivity index is 1.93. The lowest BCUT2D eigenvalue weighted by Gasteiger charge is -2.18. The van der Waals surface area contributed by atoms with Gasteiger partial charge >= 0.3 is 0 Å². The summed E-state index contributed by atoms with van der Waals surface area (Å²) in [5, 5.41) is 0. The Morgan fingerprint density at radius 1 is 1.23 bits per heavy atom. The summed E-state index contributed by atoms with van der Waals surface area (Å²) in [5.74, 6) is -0.453. The lowest BCUT2D eigenvalue weighted by atomic mass is 9.95. The molecule has 3 aliphatic rings. The van der Waals surface area contributed by atoms with Crippen molar-refractivity contribution >= 4 is 0 Å². The van der Waals surface area contributed by atoms with Crippen LogP contribution in [0.15, 0.2) is 11.6 Å². The second kappa shape index (κ2) is 2.16. The lowest BCUT2D eigenvalue weighted by Crippen LogP contribution is -2.33. The quantitative estimate of drug-likeness (QED) is 0.417. The Bertz CT molecular complexity index is 282. The minimum Gasteiger partial charge on any atom is -0.362 e. The second-order valence-electron chi connectivity index (χ2n) is 4.50. The highest BCUT2D eigenvalue weighted by Crippen LogP contribution is 2.45. The lowest BCUT2D eigenvalue weighted by molar-refractivity contribution is -0.145. The van der Waals surface area contributed by atoms with Gasteiger partial charge in [-0.1, -0.05) is 6.08 Å². The number of fused-ring (bicyclic) bond motifs is 3. The Morgan fingerprint density at radius 2 is 2.00 bits per heavy atom. The summed E-state index contributed by atoms with van der Waals surface area (Å²) in [5.41, 5.74) is 1.24. The van der Waals surface area contributed by atoms with E-state index in [-0.39, 0.29) is 18.3 Å². The zero-order chi connectivity index (χ0) is 9.22. The standard InChI is InChI=1S/C10H14O3/c1-5-4-6-8(11-6)9-7(5)12-10(2,3)13-9/h4,6-9H,1-3H3/t6-,7-,8-,9-/m1/s1. The molecule has 2 saturated heterocycles. The molecule has 0 unspecified atom stereocenters. The predicted octanol–water partition coefficient (Wildman–Crippen LogP) is 1.23. The smallest absolute Gasteiger partial charge is 0.164 e. The molecule has 3 rings (SSSR count). The molecule has 2 fully saturated rings. The molecular formula is C10H14O3. The van der Waals surface area contributed by atoms with Gasteiger partial charge in [-0.2, -0.15) is 0 Å². The maximum Gasteiger partial charge on any atom is 0.164 e. The molecule has 0 spiro atoms. The van der Waals surface area contributed by atoms with Crippen LogP contribution in [0, 0.1) is 0 Å². The van der Waals surface area contributed by atoms with Crippen LogP contribution in [0.3, 0.4) is 0 Å². The summed E-state index contributed by atoms with van der Waals surface area (Å²) in [6.45, 7) is 5.99. The van der Waals surface area contributed by atoms with E-state index in [9.17, 15) is 0 Å². The van der Waals surface area contributed by atoms with Crippen LogP contribution in [0.4, 0.5) is 0 Å². The first-order valence-corrected chi connectivity index (χ1v) is 4.76. The third kappa shape index (κ3) is 1.08. The highest BCUT2D eigenvalue weighted by molar-refractivity contribution is 5.25. The highest BCUT2D eigenvalue weighted by atomic mass is 16.8. The summed E-state index contributed by atoms with van der Waals surface area (Å²) >= 11 is 0. The van der Waals surface area contributed by atoms with Crippen LogP contribution in [-0.4, -0.2) is 30.2 Å². The van der Waals surface area contributed by atoms with E-state index in [2.05, 4.69) is 13.0 Å². The SMILES string of the molecule is CC1=C[C@H]2O[C@H]2[C@@H]2OC(C)(C)O[C@H]12. The molecule has 1 aliphatic carbocycles. The van der Waals surface area contributed by atoms with Crippen molar-refractivity contribution in [1.82, 2.24) is 0 Å². The Hall–Kier alpha value is -0.380. The molecule has 13 heavy (non-hydrogen) atoms. The maximum absolute atomic E-state index is 5.79. The number of epoxide rings is 1. The molecule has 0 amide bonds. The zero-order valence-electron chi connectivity index (χ0n) is 8.11. The average molecular weight is 182 g/mol. The van der Waals surface area contributed by atoms with Crippen LogP contribution >= 0.6 is 0 Å². The molecule has 2 heterocycles. The first kappa shape index (κ1) is 7.97. The third-order valence-corrected chi connectivity index (χ3v) is 2.89. The van der Waals surface area contributed by atoms with E-state index in [4.69, 9.17) is 14.2 Å². The molecule has 0 saturated carbocycles. The summed E-state index contributed by atoms with van der Waals surface area (Å²) in [6.07, 6.45) is 2.91. The Morgan fingerprint density at radius 3 is 2.77 bits per heavy atom. The molecule has 3 heteroatoms. The van der Waals surface area contributed by atoms with Gasteiger partial charge in [0.2, 0.25) is 0 Å². The zero-order valence-corrected chi connectivity index (χ0v) is 8.11. The van der Waals surface area contributed by atoms with Crippen molar-refractivity contribution in [2.75, 3.05) is 0 Å². The number of rotatable bonds is 0. The first-order chi connectivity index (χ1) is 6.07. The average Bonchev–Trinajstić information content (AvgIpc) is 2.68. The maximum atomic E-state index is 5.79. The van der Waals surface area contributed by atoms with Gasteiger partial charge in [0.15, 0.2) is 5.79 Å². The van der Waals surface area contributed by atoms with Gasteiger partial charge in [0, 0.05) is 0 Å². The summed E-state index contributed by atoms with van der Waals surface area (Å²) in [4.78, 5) is 0. The van der Waals surface area contributed by atoms with Crippen LogP contribution in [0.5, 0.6) is 0 Å². The molecule has 0 N–H and O–H groups in total. The molecule has 0 aromatic heterocycles. The van der Waals surface area contributed by atoms with Gasteiger partial charge in [0.1, 0.15) is 24.4 Å². The number of ether oxygens (including phenoxy) is 3. The van der Waals surface area contributed by atoms with Crippen molar-refractivity contribution in [3.63, 3.8) is 0 Å². The molecule has 4 atom stereocenters. The molecule has 0 radical (unpaired) electrons. The van der Waals surface area contributed by atoms with E-state index in [1.165, 1.54) is 5.57 Å². The van der Waals surface area contributed by atoms with Crippen molar-refractivity contribution in [1.29, 1.82) is 0 Å². The predicted molar refractivity (Wildman–Crippen MR) is 46.2 cm³/mol. The number of hydrogen-bond acceptors (Lipinski definition) is 3. The monoisotopic (exact) mass is 182 g/mol. The van der Waals surface area contributed by atoms with Crippen LogP contribution in [0.25, 0.3) is 0 Å². The van der Waals surface area contributed by atoms with E-state index in [0.717, 1.165) is 0 Å². The van der Waals surface area contributed by atoms with Crippen LogP contribution in [-0.2, 0) is 14.2 Å². The fourth-order valence-corrected chi connectivity index (χ4v) is 2.27. The van der Waals surface area contributed by atoms with Gasteiger partial charge < -0.3 is 14.2 Å². The van der Waals surface area contributed by atoms with E-state index < -0.39 is 5.79 Å². The fourth-order valence-electron chi connectivity index (χ4n) is 2.27. The normalized spacial score (nSPS) is 50.8. The van der Waals surface area contributed by atoms with Gasteiger partial charge in [-0.05, 0) is 26.3 Å². The van der Waals surface area contributed by atoms with Crippen LogP contribution in [0.2, 0.25) is 0 Å². The van der Waals surface area contributed by atoms with Gasteiger partial charge in [-0.15, -0.1) is 0 Å². The summed E-state index contributed by atoms with van der Waals surface area (Å²) < 4.78 is 17.1. The van der Waals surface area contributed by atoms with E-state index in [0.29, 0.717) is 6.10 Å². The van der Waals surface area contributed by atoms with Gasteiger partial charge in [-0.25, -0.2) is 0 Å². The number of hydrogen-bond donors (Lipinski definition) is 0. The molecular weight excluding hydrogens is 168 g/mol. The van der Waals surface area contributed by atoms with Crippen molar-refractivity contribution in [3.05, 3.63) is 11.6 Å². The summed E-state index contributed by atoms with van der Waals surface area (Å²) in [7, 11) is 0. The topological polar surface area (TPSA) is 31.0 Å². The van der Waals surface area contributed by atoms with Crippen molar-refractivity contribution in [3.8, 4) is 0 Å². The van der Waals surface area contributed by atoms with Gasteiger partial charge in [0.25, 0.3) is 0 Å². The minimum atomic E-state index is -0.453. The van der Waals surface area contributed by atoms with E-state index >= 15 is 0 Å². The Kier molecular flexibility index (Phi) is 1.33. The first-order valence-electron chi connectivity index (χ1n) is 4.76. The molecule has 2 aliphatic heterocycles. The van der Waals surface area contributed by atoms with Crippen molar-refractivity contribution in [2.45, 2.75) is 51.0 Å². The molecule has 72 valence electrons. The van der Waals surface area contributed by atoms with E-state index in [1.807, 2.05) is 13.8 Å². The third-order valence-electron chi connectivity index (χ3n) is 2.89. The van der Waals surface area contributed by atoms with E-state index in [1.54, 1.807) is 0 Å². The molecule has 0 aromatic carbocycles. The van der Waals surface area contributed by atoms with Crippen LogP contribution < -0.4 is 0 Å². The fraction of sp³-hybridized carbons (Fsp3) is 0.800. The summed E-state index contributed by atoms with van der Waals surface area (Å²) in [6, 6.07) is 0. The Labute approximate surface area is 77.7 Å². The molecule has 0 aromatic rings. The van der Waals surface area contributed by atoms with Crippen molar-refractivity contribution in [2.24, 2.45) is 0 Å². The van der Waals surface area contributed by atoms with Gasteiger partial charge in [0.05, 0.1) is 0 Å². The molecule has 0 bridgehead atoms. The largest absolute Gasteiger partial charge is 0.362 e. The molecule has 3 nitrogen and oxygen atoms in total.